The number of nitrogens with zero attached hydrogens (tertiary/aromatic N) is 1. The van der Waals surface area contributed by atoms with Crippen molar-refractivity contribution in [1.29, 1.82) is 0 Å². The zero-order valence-corrected chi connectivity index (χ0v) is 18.2. The molecule has 1 saturated heterocycles. The van der Waals surface area contributed by atoms with Crippen LogP contribution in [-0.4, -0.2) is 30.5 Å². The van der Waals surface area contributed by atoms with E-state index in [1.807, 2.05) is 42.5 Å². The van der Waals surface area contributed by atoms with Crippen molar-refractivity contribution in [3.8, 4) is 16.9 Å². The van der Waals surface area contributed by atoms with Gasteiger partial charge in [0.15, 0.2) is 0 Å². The first-order valence-electron chi connectivity index (χ1n) is 10.7. The second-order valence-electron chi connectivity index (χ2n) is 10.2. The normalized spacial score (nSPS) is 24.9. The zero-order valence-electron chi connectivity index (χ0n) is 18.2. The highest BCUT2D eigenvalue weighted by Crippen LogP contribution is 2.52. The number of fused-ring (bicyclic) bond motifs is 3. The van der Waals surface area contributed by atoms with Gasteiger partial charge < -0.3 is 14.1 Å². The van der Waals surface area contributed by atoms with Crippen molar-refractivity contribution >= 4 is 16.9 Å². The highest BCUT2D eigenvalue weighted by atomic mass is 16.5. The number of furan rings is 1. The lowest BCUT2D eigenvalue weighted by Crippen LogP contribution is -2.37. The molecule has 2 atom stereocenters. The summed E-state index contributed by atoms with van der Waals surface area (Å²) >= 11 is 0. The molecule has 1 aliphatic carbocycles. The number of carbonyl (C=O) groups excluding carboxylic acids is 1. The summed E-state index contributed by atoms with van der Waals surface area (Å²) in [6, 6.07) is 14.1. The molecule has 1 aromatic heterocycles. The predicted octanol–water partition coefficient (Wildman–Crippen LogP) is 6.15. The summed E-state index contributed by atoms with van der Waals surface area (Å²) in [4.78, 5) is 15.6. The number of rotatable bonds is 3. The first kappa shape index (κ1) is 19.2. The maximum absolute atomic E-state index is 13.5. The maximum Gasteiger partial charge on any atom is 0.254 e. The fourth-order valence-corrected chi connectivity index (χ4v) is 6.10. The highest BCUT2D eigenvalue weighted by molar-refractivity contribution is 5.99. The van der Waals surface area contributed by atoms with Crippen molar-refractivity contribution in [1.82, 2.24) is 4.90 Å². The molecule has 1 saturated carbocycles. The number of hydrogen-bond donors (Lipinski definition) is 0. The van der Waals surface area contributed by atoms with Crippen LogP contribution in [0.4, 0.5) is 0 Å². The van der Waals surface area contributed by atoms with Crippen LogP contribution in [0.3, 0.4) is 0 Å². The molecule has 0 radical (unpaired) electrons. The Bertz CT molecular complexity index is 1130. The van der Waals surface area contributed by atoms with Crippen molar-refractivity contribution in [2.24, 2.45) is 10.8 Å². The Labute approximate surface area is 177 Å². The van der Waals surface area contributed by atoms with Crippen LogP contribution in [0.2, 0.25) is 0 Å². The molecule has 4 heteroatoms. The van der Waals surface area contributed by atoms with E-state index in [-0.39, 0.29) is 16.7 Å². The standard InChI is InChI=1S/C26H29NO3/c1-25(2)12-18-13-26(3,15-25)16-27(18)24(28)17-9-10-20(23(11-17)29-4)21-14-30-22-8-6-5-7-19(21)22/h5-11,14,18H,12-13,15-16H2,1-4H3/t18-,26-/m1/s1. The van der Waals surface area contributed by atoms with Crippen molar-refractivity contribution in [3.05, 3.63) is 54.3 Å². The van der Waals surface area contributed by atoms with E-state index >= 15 is 0 Å². The SMILES string of the molecule is COc1cc(C(=O)N2C[C@]3(C)C[C@H]2CC(C)(C)C3)ccc1-c1coc2ccccc12. The summed E-state index contributed by atoms with van der Waals surface area (Å²) in [6.45, 7) is 7.84. The lowest BCUT2D eigenvalue weighted by molar-refractivity contribution is 0.0708. The van der Waals surface area contributed by atoms with Gasteiger partial charge in [0.25, 0.3) is 5.91 Å². The molecule has 2 aromatic carbocycles. The largest absolute Gasteiger partial charge is 0.496 e. The quantitative estimate of drug-likeness (QED) is 0.527. The second-order valence-corrected chi connectivity index (χ2v) is 10.2. The van der Waals surface area contributed by atoms with Crippen LogP contribution in [0.25, 0.3) is 22.1 Å². The lowest BCUT2D eigenvalue weighted by atomic mass is 9.65. The number of carbonyl (C=O) groups is 1. The summed E-state index contributed by atoms with van der Waals surface area (Å²) in [7, 11) is 1.65. The molecule has 0 N–H and O–H groups in total. The van der Waals surface area contributed by atoms with Crippen LogP contribution in [0.1, 0.15) is 50.4 Å². The van der Waals surface area contributed by atoms with Gasteiger partial charge in [-0.3, -0.25) is 4.79 Å². The van der Waals surface area contributed by atoms with Gasteiger partial charge in [0.1, 0.15) is 11.3 Å². The van der Waals surface area contributed by atoms with Crippen LogP contribution in [0.5, 0.6) is 5.75 Å². The van der Waals surface area contributed by atoms with E-state index in [2.05, 4.69) is 25.7 Å². The number of ether oxygens (including phenoxy) is 1. The third kappa shape index (κ3) is 3.10. The number of amides is 1. The number of likely N-dealkylation sites (tertiary alicyclic amines) is 1. The molecule has 1 aliphatic heterocycles. The summed E-state index contributed by atoms with van der Waals surface area (Å²) in [6.07, 6.45) is 5.12. The smallest absolute Gasteiger partial charge is 0.254 e. The monoisotopic (exact) mass is 403 g/mol. The highest BCUT2D eigenvalue weighted by Gasteiger charge is 2.51. The molecule has 2 heterocycles. The molecular weight excluding hydrogens is 374 g/mol. The van der Waals surface area contributed by atoms with Crippen molar-refractivity contribution < 1.29 is 13.9 Å². The fourth-order valence-electron chi connectivity index (χ4n) is 6.10. The van der Waals surface area contributed by atoms with E-state index in [4.69, 9.17) is 9.15 Å². The van der Waals surface area contributed by atoms with E-state index in [1.54, 1.807) is 13.4 Å². The van der Waals surface area contributed by atoms with Gasteiger partial charge in [-0.1, -0.05) is 39.0 Å². The van der Waals surface area contributed by atoms with Crippen LogP contribution in [0, 0.1) is 10.8 Å². The number of hydrogen-bond acceptors (Lipinski definition) is 3. The van der Waals surface area contributed by atoms with Crippen LogP contribution in [-0.2, 0) is 0 Å². The van der Waals surface area contributed by atoms with E-state index < -0.39 is 0 Å². The van der Waals surface area contributed by atoms with E-state index in [0.29, 0.717) is 17.4 Å². The summed E-state index contributed by atoms with van der Waals surface area (Å²) in [5.41, 5.74) is 3.96. The van der Waals surface area contributed by atoms with E-state index in [9.17, 15) is 4.79 Å². The van der Waals surface area contributed by atoms with Gasteiger partial charge in [-0.05, 0) is 54.4 Å². The average molecular weight is 404 g/mol. The Morgan fingerprint density at radius 3 is 2.70 bits per heavy atom. The maximum atomic E-state index is 13.5. The zero-order chi connectivity index (χ0) is 21.1. The minimum atomic E-state index is 0.114. The Morgan fingerprint density at radius 1 is 1.10 bits per heavy atom. The Hall–Kier alpha value is -2.75. The molecular formula is C26H29NO3. The van der Waals surface area contributed by atoms with Gasteiger partial charge in [0, 0.05) is 34.7 Å². The first-order valence-corrected chi connectivity index (χ1v) is 10.7. The van der Waals surface area contributed by atoms with Gasteiger partial charge in [0.05, 0.1) is 13.4 Å². The van der Waals surface area contributed by atoms with E-state index in [1.165, 1.54) is 6.42 Å². The van der Waals surface area contributed by atoms with Gasteiger partial charge in [-0.15, -0.1) is 0 Å². The minimum absolute atomic E-state index is 0.114. The lowest BCUT2D eigenvalue weighted by Gasteiger charge is -2.39. The molecule has 2 aliphatic rings. The second kappa shape index (κ2) is 6.63. The Kier molecular flexibility index (Phi) is 4.25. The number of para-hydroxylation sites is 1. The van der Waals surface area contributed by atoms with Gasteiger partial charge >= 0.3 is 0 Å². The van der Waals surface area contributed by atoms with Gasteiger partial charge in [0.2, 0.25) is 0 Å². The molecule has 30 heavy (non-hydrogen) atoms. The fraction of sp³-hybridized carbons (Fsp3) is 0.423. The molecule has 156 valence electrons. The van der Waals surface area contributed by atoms with E-state index in [0.717, 1.165) is 41.5 Å². The van der Waals surface area contributed by atoms with Gasteiger partial charge in [-0.25, -0.2) is 0 Å². The first-order chi connectivity index (χ1) is 14.3. The van der Waals surface area contributed by atoms with Crippen LogP contribution >= 0.6 is 0 Å². The Balaban J connectivity index is 1.49. The number of methoxy groups -OCH3 is 1. The van der Waals surface area contributed by atoms with Crippen LogP contribution < -0.4 is 4.74 Å². The average Bonchev–Trinajstić information content (AvgIpc) is 3.24. The minimum Gasteiger partial charge on any atom is -0.496 e. The molecule has 2 bridgehead atoms. The molecule has 5 rings (SSSR count). The van der Waals surface area contributed by atoms with Crippen molar-refractivity contribution in [2.75, 3.05) is 13.7 Å². The Morgan fingerprint density at radius 2 is 1.90 bits per heavy atom. The topological polar surface area (TPSA) is 42.7 Å². The van der Waals surface area contributed by atoms with Gasteiger partial charge in [-0.2, -0.15) is 0 Å². The molecule has 3 aromatic rings. The summed E-state index contributed by atoms with van der Waals surface area (Å²) in [5, 5.41) is 1.04. The molecule has 0 unspecified atom stereocenters. The third-order valence-corrected chi connectivity index (χ3v) is 6.90. The van der Waals surface area contributed by atoms with Crippen molar-refractivity contribution in [3.63, 3.8) is 0 Å². The summed E-state index contributed by atoms with van der Waals surface area (Å²) in [5.74, 6) is 0.810. The molecule has 0 spiro atoms. The molecule has 1 amide bonds. The molecule has 4 nitrogen and oxygen atoms in total. The van der Waals surface area contributed by atoms with Crippen molar-refractivity contribution in [2.45, 2.75) is 46.1 Å². The van der Waals surface area contributed by atoms with Crippen LogP contribution in [0.15, 0.2) is 53.1 Å². The predicted molar refractivity (Wildman–Crippen MR) is 119 cm³/mol. The number of benzene rings is 2. The summed E-state index contributed by atoms with van der Waals surface area (Å²) < 4.78 is 11.4. The third-order valence-electron chi connectivity index (χ3n) is 6.90. The molecule has 2 fully saturated rings.